The van der Waals surface area contributed by atoms with Crippen molar-refractivity contribution in [3.05, 3.63) is 250 Å². The number of allylic oxidation sites excluding steroid dienone is 11. The Hall–Kier alpha value is -7.62. The van der Waals surface area contributed by atoms with E-state index in [-0.39, 0.29) is 17.3 Å². The fraction of sp³-hybridized carbons (Fsp3) is 0.164. The number of aryl methyl sites for hydroxylation is 1. The maximum Gasteiger partial charge on any atom is 0.166 e. The van der Waals surface area contributed by atoms with Gasteiger partial charge in [0.25, 0.3) is 0 Å². The van der Waals surface area contributed by atoms with Gasteiger partial charge < -0.3 is 10.2 Å². The van der Waals surface area contributed by atoms with Crippen LogP contribution in [-0.4, -0.2) is 13.3 Å². The quantitative estimate of drug-likeness (QED) is 0.115. The second-order valence-electron chi connectivity index (χ2n) is 20.3. The molecule has 2 unspecified atom stereocenters. The Bertz CT molecular complexity index is 3460. The molecule has 7 aromatic rings. The van der Waals surface area contributed by atoms with Crippen molar-refractivity contribution in [1.82, 2.24) is 0 Å². The van der Waals surface area contributed by atoms with Gasteiger partial charge in [0.1, 0.15) is 0 Å². The van der Waals surface area contributed by atoms with E-state index in [1.807, 2.05) is 6.92 Å². The lowest BCUT2D eigenvalue weighted by molar-refractivity contribution is 0.660. The number of rotatable bonds is 9. The zero-order valence-corrected chi connectivity index (χ0v) is 40.9. The molecule has 1 aliphatic heterocycles. The normalized spacial score (nSPS) is 18.1. The summed E-state index contributed by atoms with van der Waals surface area (Å²) in [4.78, 5) is 2.69. The van der Waals surface area contributed by atoms with Gasteiger partial charge in [-0.05, 0) is 166 Å². The third-order valence-corrected chi connectivity index (χ3v) is 15.5. The van der Waals surface area contributed by atoms with E-state index in [0.717, 1.165) is 36.2 Å². The van der Waals surface area contributed by atoms with Crippen LogP contribution in [0.15, 0.2) is 206 Å². The van der Waals surface area contributed by atoms with Gasteiger partial charge in [-0.25, -0.2) is 0 Å². The van der Waals surface area contributed by atoms with Crippen molar-refractivity contribution < 1.29 is 0 Å². The van der Waals surface area contributed by atoms with E-state index in [9.17, 15) is 0 Å². The molecule has 2 atom stereocenters. The van der Waals surface area contributed by atoms with E-state index in [1.54, 1.807) is 0 Å². The van der Waals surface area contributed by atoms with E-state index in [4.69, 9.17) is 0 Å². The Kier molecular flexibility index (Phi) is 11.1. The van der Waals surface area contributed by atoms with Gasteiger partial charge in [0.2, 0.25) is 0 Å². The molecule has 1 heterocycles. The largest absolute Gasteiger partial charge is 0.355 e. The van der Waals surface area contributed by atoms with E-state index >= 15 is 0 Å². The maximum absolute atomic E-state index is 4.15. The molecule has 0 saturated carbocycles. The molecule has 5 aliphatic rings. The van der Waals surface area contributed by atoms with E-state index < -0.39 is 0 Å². The molecule has 12 rings (SSSR count). The van der Waals surface area contributed by atoms with Crippen LogP contribution in [0.4, 0.5) is 22.7 Å². The first-order chi connectivity index (χ1) is 34.2. The highest BCUT2D eigenvalue weighted by molar-refractivity contribution is 6.61. The second-order valence-corrected chi connectivity index (χ2v) is 20.3. The van der Waals surface area contributed by atoms with Gasteiger partial charge in [-0.2, -0.15) is 0 Å². The molecule has 3 heteroatoms. The molecule has 0 spiro atoms. The van der Waals surface area contributed by atoms with Crippen LogP contribution in [0.2, 0.25) is 5.82 Å². The monoisotopic (exact) mass is 901 g/mol. The van der Waals surface area contributed by atoms with Gasteiger partial charge in [-0.1, -0.05) is 194 Å². The van der Waals surface area contributed by atoms with Gasteiger partial charge in [0.15, 0.2) is 7.28 Å². The van der Waals surface area contributed by atoms with Crippen molar-refractivity contribution in [2.75, 3.05) is 10.2 Å². The lowest BCUT2D eigenvalue weighted by Gasteiger charge is -2.46. The van der Waals surface area contributed by atoms with Crippen LogP contribution in [0.5, 0.6) is 0 Å². The van der Waals surface area contributed by atoms with Gasteiger partial charge in [0.05, 0.1) is 6.04 Å². The van der Waals surface area contributed by atoms with E-state index in [2.05, 4.69) is 252 Å². The summed E-state index contributed by atoms with van der Waals surface area (Å²) < 4.78 is 0. The Labute approximate surface area is 415 Å². The number of fused-ring (bicyclic) bond motifs is 8. The van der Waals surface area contributed by atoms with Crippen LogP contribution in [-0.2, 0) is 11.8 Å². The first-order valence-corrected chi connectivity index (χ1v) is 25.2. The Balaban J connectivity index is 1.13. The number of nitrogens with one attached hydrogen (secondary N) is 1. The summed E-state index contributed by atoms with van der Waals surface area (Å²) in [5.74, 6) is 0.105. The third-order valence-electron chi connectivity index (χ3n) is 15.5. The Morgan fingerprint density at radius 1 is 0.657 bits per heavy atom. The highest BCUT2D eigenvalue weighted by Crippen LogP contribution is 2.55. The number of hydrogen-bond acceptors (Lipinski definition) is 2. The number of benzene rings is 7. The number of hydrogen-bond donors (Lipinski definition) is 1. The zero-order chi connectivity index (χ0) is 47.5. The third kappa shape index (κ3) is 7.51. The zero-order valence-electron chi connectivity index (χ0n) is 40.9. The minimum atomic E-state index is -0.193. The number of nitrogens with zero attached hydrogens (tertiary/aromatic N) is 1. The minimum Gasteiger partial charge on any atom is -0.355 e. The van der Waals surface area contributed by atoms with E-state index in [1.165, 1.54) is 106 Å². The predicted octanol–water partition coefficient (Wildman–Crippen LogP) is 16.8. The lowest BCUT2D eigenvalue weighted by Crippen LogP contribution is -2.49. The molecule has 0 saturated heterocycles. The Morgan fingerprint density at radius 2 is 1.43 bits per heavy atom. The average molecular weight is 902 g/mol. The van der Waals surface area contributed by atoms with Crippen molar-refractivity contribution >= 4 is 52.7 Å². The van der Waals surface area contributed by atoms with Crippen LogP contribution in [0.1, 0.15) is 85.0 Å². The molecular weight excluding hydrogens is 844 g/mol. The highest BCUT2D eigenvalue weighted by atomic mass is 15.2. The number of anilines is 4. The first-order valence-electron chi connectivity index (χ1n) is 25.2. The van der Waals surface area contributed by atoms with Gasteiger partial charge in [-0.3, -0.25) is 0 Å². The summed E-state index contributed by atoms with van der Waals surface area (Å²) in [6, 6.07) is 53.0. The van der Waals surface area contributed by atoms with Crippen molar-refractivity contribution in [3.63, 3.8) is 0 Å². The summed E-state index contributed by atoms with van der Waals surface area (Å²) in [7, 11) is 2.63. The molecule has 1 radical (unpaired) electrons. The summed E-state index contributed by atoms with van der Waals surface area (Å²) in [5, 5.41) is 4.15. The molecule has 339 valence electrons. The standard InChI is InChI=1S/C67H58BN2/c1-6-7-8-9-12-26-49-36-43(2)30-35-61(49)69-62-41-55-53-28-19-20-29-58(53)67(4,5)59(55)40-57(62)64-56-38-48-25-17-18-27-52(48)54(56)42-63-65(64)68-60-39-50(46-23-15-11-16-24-46)37-44(3)66(60)70(63)51-33-31-47(32-34-51)45-21-13-10-14-22-45/h6-9,11-13,15-37,39-42,60,66,69H,10,14,38H2,1-5H3/b7-6-,9-8-,26-12?. The van der Waals surface area contributed by atoms with Crippen molar-refractivity contribution in [1.29, 1.82) is 0 Å². The Morgan fingerprint density at radius 3 is 2.24 bits per heavy atom. The maximum atomic E-state index is 4.15. The van der Waals surface area contributed by atoms with Crippen molar-refractivity contribution in [2.45, 2.75) is 71.2 Å². The molecule has 0 aromatic heterocycles. The molecule has 0 amide bonds. The predicted molar refractivity (Wildman–Crippen MR) is 301 cm³/mol. The SMILES string of the molecule is C/C=C\C=C/C=Cc1cc(C)ccc1Nc1cc2c(cc1-c1c3c(cc4c1Cc1ccccc1-4)N(c1ccc(C4=CCCC=C4)cc1)C1C(C)=CC(c4ccccc4)=CC1[B]3)C(C)(C)c1ccccc1-2. The topological polar surface area (TPSA) is 15.3 Å². The molecule has 70 heavy (non-hydrogen) atoms. The fourth-order valence-corrected chi connectivity index (χ4v) is 12.1. The summed E-state index contributed by atoms with van der Waals surface area (Å²) in [6.07, 6.45) is 27.7. The van der Waals surface area contributed by atoms with Crippen LogP contribution < -0.4 is 15.7 Å². The van der Waals surface area contributed by atoms with Gasteiger partial charge in [0, 0.05) is 33.7 Å². The van der Waals surface area contributed by atoms with E-state index in [0.29, 0.717) is 0 Å². The van der Waals surface area contributed by atoms with Gasteiger partial charge >= 0.3 is 0 Å². The molecule has 0 bridgehead atoms. The average Bonchev–Trinajstić information content (AvgIpc) is 3.86. The molecule has 2 nitrogen and oxygen atoms in total. The smallest absolute Gasteiger partial charge is 0.166 e. The first kappa shape index (κ1) is 43.7. The van der Waals surface area contributed by atoms with Crippen LogP contribution in [0.3, 0.4) is 0 Å². The van der Waals surface area contributed by atoms with Crippen molar-refractivity contribution in [2.24, 2.45) is 0 Å². The van der Waals surface area contributed by atoms with Crippen LogP contribution in [0, 0.1) is 6.92 Å². The second kappa shape index (κ2) is 17.7. The summed E-state index contributed by atoms with van der Waals surface area (Å²) in [5.41, 5.74) is 27.9. The molecule has 7 aromatic carbocycles. The molecule has 1 N–H and O–H groups in total. The van der Waals surface area contributed by atoms with Crippen molar-refractivity contribution in [3.8, 4) is 33.4 Å². The fourth-order valence-electron chi connectivity index (χ4n) is 12.1. The lowest BCUT2D eigenvalue weighted by atomic mass is 9.49. The molecule has 4 aliphatic carbocycles. The van der Waals surface area contributed by atoms with Crippen LogP contribution in [0.25, 0.3) is 50.6 Å². The summed E-state index contributed by atoms with van der Waals surface area (Å²) in [6.45, 7) is 11.4. The molecule has 0 fully saturated rings. The summed E-state index contributed by atoms with van der Waals surface area (Å²) >= 11 is 0. The molecular formula is C67H58BN2. The van der Waals surface area contributed by atoms with Crippen LogP contribution >= 0.6 is 0 Å². The highest BCUT2D eigenvalue weighted by Gasteiger charge is 2.43. The van der Waals surface area contributed by atoms with Gasteiger partial charge in [-0.15, -0.1) is 0 Å². The minimum absolute atomic E-state index is 0.0944.